The average molecular weight is 237 g/mol. The van der Waals surface area contributed by atoms with Gasteiger partial charge in [-0.3, -0.25) is 4.79 Å². The van der Waals surface area contributed by atoms with Crippen LogP contribution in [0, 0.1) is 5.82 Å². The Bertz CT molecular complexity index is 545. The Morgan fingerprint density at radius 3 is 2.75 bits per heavy atom. The molecule has 16 heavy (non-hydrogen) atoms. The highest BCUT2D eigenvalue weighted by atomic mass is 35.5. The molecule has 0 amide bonds. The van der Waals surface area contributed by atoms with Gasteiger partial charge in [-0.25, -0.2) is 14.4 Å². The maximum Gasteiger partial charge on any atom is 0.150 e. The number of carbonyl (C=O) groups is 1. The van der Waals surface area contributed by atoms with Gasteiger partial charge in [-0.2, -0.15) is 0 Å². The minimum atomic E-state index is -0.458. The second kappa shape index (κ2) is 4.37. The molecule has 2 aromatic rings. The van der Waals surface area contributed by atoms with Gasteiger partial charge in [0.1, 0.15) is 23.6 Å². The van der Waals surface area contributed by atoms with E-state index in [1.165, 1.54) is 30.6 Å². The molecule has 0 saturated heterocycles. The van der Waals surface area contributed by atoms with Crippen molar-refractivity contribution >= 4 is 17.9 Å². The summed E-state index contributed by atoms with van der Waals surface area (Å²) in [4.78, 5) is 18.2. The fraction of sp³-hybridized carbons (Fsp3) is 0. The topological polar surface area (TPSA) is 42.9 Å². The molecule has 0 unspecified atom stereocenters. The van der Waals surface area contributed by atoms with Gasteiger partial charge in [-0.1, -0.05) is 11.6 Å². The van der Waals surface area contributed by atoms with Gasteiger partial charge < -0.3 is 0 Å². The van der Waals surface area contributed by atoms with E-state index in [1.807, 2.05) is 0 Å². The van der Waals surface area contributed by atoms with Crippen LogP contribution in [0.2, 0.25) is 5.15 Å². The van der Waals surface area contributed by atoms with E-state index in [0.717, 1.165) is 0 Å². The van der Waals surface area contributed by atoms with Gasteiger partial charge in [0, 0.05) is 17.2 Å². The van der Waals surface area contributed by atoms with Gasteiger partial charge in [0.2, 0.25) is 0 Å². The smallest absolute Gasteiger partial charge is 0.150 e. The Morgan fingerprint density at radius 1 is 1.25 bits per heavy atom. The number of hydrogen-bond donors (Lipinski definition) is 0. The Kier molecular flexibility index (Phi) is 2.92. The van der Waals surface area contributed by atoms with Crippen LogP contribution in [0.4, 0.5) is 4.39 Å². The summed E-state index contributed by atoms with van der Waals surface area (Å²) < 4.78 is 13.5. The fourth-order valence-corrected chi connectivity index (χ4v) is 1.44. The lowest BCUT2D eigenvalue weighted by atomic mass is 10.1. The van der Waals surface area contributed by atoms with E-state index in [0.29, 0.717) is 17.5 Å². The molecule has 1 aromatic heterocycles. The average Bonchev–Trinajstić information content (AvgIpc) is 2.30. The summed E-state index contributed by atoms with van der Waals surface area (Å²) in [6, 6.07) is 5.47. The molecule has 5 heteroatoms. The lowest BCUT2D eigenvalue weighted by Gasteiger charge is -2.03. The lowest BCUT2D eigenvalue weighted by molar-refractivity contribution is 0.112. The van der Waals surface area contributed by atoms with Crippen molar-refractivity contribution in [3.05, 3.63) is 47.1 Å². The third-order valence-electron chi connectivity index (χ3n) is 2.04. The Labute approximate surface area is 95.9 Å². The minimum Gasteiger partial charge on any atom is -0.298 e. The fourth-order valence-electron chi connectivity index (χ4n) is 1.29. The maximum absolute atomic E-state index is 13.5. The molecule has 0 spiro atoms. The Balaban J connectivity index is 2.58. The molecule has 0 atom stereocenters. The maximum atomic E-state index is 13.5. The highest BCUT2D eigenvalue weighted by Gasteiger charge is 2.08. The van der Waals surface area contributed by atoms with Crippen LogP contribution >= 0.6 is 11.6 Å². The first-order valence-corrected chi connectivity index (χ1v) is 4.81. The molecular formula is C11H6ClFN2O. The van der Waals surface area contributed by atoms with E-state index in [4.69, 9.17) is 11.6 Å². The lowest BCUT2D eigenvalue weighted by Crippen LogP contribution is -1.91. The van der Waals surface area contributed by atoms with Crippen molar-refractivity contribution in [1.29, 1.82) is 0 Å². The van der Waals surface area contributed by atoms with E-state index in [1.54, 1.807) is 0 Å². The number of hydrogen-bond acceptors (Lipinski definition) is 3. The molecular weight excluding hydrogens is 231 g/mol. The third kappa shape index (κ3) is 2.06. The number of benzene rings is 1. The van der Waals surface area contributed by atoms with E-state index in [2.05, 4.69) is 9.97 Å². The van der Waals surface area contributed by atoms with Crippen molar-refractivity contribution in [3.8, 4) is 11.3 Å². The first kappa shape index (κ1) is 10.7. The second-order valence-electron chi connectivity index (χ2n) is 3.08. The van der Waals surface area contributed by atoms with Gasteiger partial charge >= 0.3 is 0 Å². The van der Waals surface area contributed by atoms with Gasteiger partial charge in [-0.15, -0.1) is 0 Å². The summed E-state index contributed by atoms with van der Waals surface area (Å²) in [5, 5.41) is 0.223. The number of rotatable bonds is 2. The SMILES string of the molecule is O=Cc1ccc(F)c(-c2cc(Cl)ncn2)c1. The van der Waals surface area contributed by atoms with Crippen LogP contribution in [0.1, 0.15) is 10.4 Å². The highest BCUT2D eigenvalue weighted by Crippen LogP contribution is 2.22. The zero-order valence-corrected chi connectivity index (χ0v) is 8.78. The number of aromatic nitrogens is 2. The molecule has 2 rings (SSSR count). The molecule has 0 fully saturated rings. The highest BCUT2D eigenvalue weighted by molar-refractivity contribution is 6.29. The molecule has 3 nitrogen and oxygen atoms in total. The predicted molar refractivity (Wildman–Crippen MR) is 57.8 cm³/mol. The predicted octanol–water partition coefficient (Wildman–Crippen LogP) is 2.75. The number of halogens is 2. The van der Waals surface area contributed by atoms with E-state index < -0.39 is 5.82 Å². The minimum absolute atomic E-state index is 0.223. The Morgan fingerprint density at radius 2 is 2.06 bits per heavy atom. The van der Waals surface area contributed by atoms with Crippen LogP contribution in [-0.4, -0.2) is 16.3 Å². The molecule has 1 aromatic carbocycles. The summed E-state index contributed by atoms with van der Waals surface area (Å²) in [5.74, 6) is -0.458. The molecule has 0 radical (unpaired) electrons. The van der Waals surface area contributed by atoms with Gasteiger partial charge in [0.25, 0.3) is 0 Å². The second-order valence-corrected chi connectivity index (χ2v) is 3.47. The standard InChI is InChI=1S/C11H6ClFN2O/c12-11-4-10(14-6-15-11)8-3-7(5-16)1-2-9(8)13/h1-6H. The van der Waals surface area contributed by atoms with Gasteiger partial charge in [-0.05, 0) is 18.2 Å². The summed E-state index contributed by atoms with van der Waals surface area (Å²) >= 11 is 5.68. The molecule has 0 bridgehead atoms. The largest absolute Gasteiger partial charge is 0.298 e. The van der Waals surface area contributed by atoms with Crippen LogP contribution in [0.25, 0.3) is 11.3 Å². The van der Waals surface area contributed by atoms with E-state index >= 15 is 0 Å². The van der Waals surface area contributed by atoms with Crippen molar-refractivity contribution in [2.24, 2.45) is 0 Å². The van der Waals surface area contributed by atoms with Crippen LogP contribution in [0.3, 0.4) is 0 Å². The summed E-state index contributed by atoms with van der Waals surface area (Å²) in [6.07, 6.45) is 1.89. The summed E-state index contributed by atoms with van der Waals surface area (Å²) in [5.41, 5.74) is 0.959. The first-order chi connectivity index (χ1) is 7.70. The zero-order valence-electron chi connectivity index (χ0n) is 8.02. The monoisotopic (exact) mass is 236 g/mol. The normalized spacial score (nSPS) is 10.1. The molecule has 0 saturated carbocycles. The Hall–Kier alpha value is -1.81. The van der Waals surface area contributed by atoms with Crippen LogP contribution in [-0.2, 0) is 0 Å². The number of nitrogens with zero attached hydrogens (tertiary/aromatic N) is 2. The van der Waals surface area contributed by atoms with E-state index in [9.17, 15) is 9.18 Å². The van der Waals surface area contributed by atoms with Crippen LogP contribution < -0.4 is 0 Å². The number of carbonyl (C=O) groups excluding carboxylic acids is 1. The van der Waals surface area contributed by atoms with Gasteiger partial charge in [0.05, 0.1) is 5.69 Å². The zero-order chi connectivity index (χ0) is 11.5. The van der Waals surface area contributed by atoms with Crippen LogP contribution in [0.15, 0.2) is 30.6 Å². The van der Waals surface area contributed by atoms with Crippen LogP contribution in [0.5, 0.6) is 0 Å². The molecule has 80 valence electrons. The number of aldehydes is 1. The summed E-state index contributed by atoms with van der Waals surface area (Å²) in [7, 11) is 0. The van der Waals surface area contributed by atoms with Crippen molar-refractivity contribution < 1.29 is 9.18 Å². The van der Waals surface area contributed by atoms with E-state index in [-0.39, 0.29) is 10.7 Å². The summed E-state index contributed by atoms with van der Waals surface area (Å²) in [6.45, 7) is 0. The quantitative estimate of drug-likeness (QED) is 0.595. The van der Waals surface area contributed by atoms with Gasteiger partial charge in [0.15, 0.2) is 0 Å². The molecule has 0 N–H and O–H groups in total. The van der Waals surface area contributed by atoms with Crippen molar-refractivity contribution in [1.82, 2.24) is 9.97 Å². The van der Waals surface area contributed by atoms with Crippen molar-refractivity contribution in [3.63, 3.8) is 0 Å². The molecule has 0 aliphatic rings. The first-order valence-electron chi connectivity index (χ1n) is 4.43. The molecule has 0 aliphatic carbocycles. The third-order valence-corrected chi connectivity index (χ3v) is 2.24. The molecule has 1 heterocycles. The van der Waals surface area contributed by atoms with Crippen molar-refractivity contribution in [2.45, 2.75) is 0 Å². The molecule has 0 aliphatic heterocycles. The van der Waals surface area contributed by atoms with Crippen molar-refractivity contribution in [2.75, 3.05) is 0 Å².